The summed E-state index contributed by atoms with van der Waals surface area (Å²) in [6, 6.07) is 3.93. The van der Waals surface area contributed by atoms with Gasteiger partial charge in [0.25, 0.3) is 0 Å². The van der Waals surface area contributed by atoms with Crippen LogP contribution in [0.15, 0.2) is 23.6 Å². The minimum Gasteiger partial charge on any atom is -0.231 e. The van der Waals surface area contributed by atoms with E-state index in [2.05, 4.69) is 16.0 Å². The molecule has 12 heavy (non-hydrogen) atoms. The second kappa shape index (κ2) is 3.55. The largest absolute Gasteiger partial charge is 0.231 e. The zero-order chi connectivity index (χ0) is 9.03. The van der Waals surface area contributed by atoms with Crippen LogP contribution in [0.3, 0.4) is 0 Å². The molecule has 1 aromatic heterocycles. The summed E-state index contributed by atoms with van der Waals surface area (Å²) in [5.41, 5.74) is 0. The predicted molar refractivity (Wildman–Crippen MR) is 47.6 cm³/mol. The van der Waals surface area contributed by atoms with Gasteiger partial charge < -0.3 is 0 Å². The highest BCUT2D eigenvalue weighted by molar-refractivity contribution is 8.00. The lowest BCUT2D eigenvalue weighted by Crippen LogP contribution is -2.10. The highest BCUT2D eigenvalue weighted by Crippen LogP contribution is 2.28. The lowest BCUT2D eigenvalue weighted by atomic mass is 10.2. The van der Waals surface area contributed by atoms with Gasteiger partial charge in [0.15, 0.2) is 5.16 Å². The normalized spacial score (nSPS) is 10.8. The molecule has 0 N–H and O–H groups in total. The van der Waals surface area contributed by atoms with Gasteiger partial charge in [-0.2, -0.15) is 5.26 Å². The second-order valence-electron chi connectivity index (χ2n) is 2.76. The summed E-state index contributed by atoms with van der Waals surface area (Å²) < 4.78 is -0.457. The van der Waals surface area contributed by atoms with Crippen LogP contribution >= 0.6 is 11.8 Å². The Kier molecular flexibility index (Phi) is 2.66. The molecule has 62 valence electrons. The molecule has 0 unspecified atom stereocenters. The molecule has 1 heterocycles. The van der Waals surface area contributed by atoms with Gasteiger partial charge in [0.1, 0.15) is 4.75 Å². The van der Waals surface area contributed by atoms with E-state index in [0.717, 1.165) is 0 Å². The summed E-state index contributed by atoms with van der Waals surface area (Å²) in [6.45, 7) is 3.68. The molecule has 0 radical (unpaired) electrons. The first-order valence-corrected chi connectivity index (χ1v) is 4.33. The van der Waals surface area contributed by atoms with Gasteiger partial charge in [0.2, 0.25) is 0 Å². The van der Waals surface area contributed by atoms with Crippen molar-refractivity contribution in [3.8, 4) is 6.07 Å². The molecule has 0 atom stereocenters. The summed E-state index contributed by atoms with van der Waals surface area (Å²) in [6.07, 6.45) is 3.34. The van der Waals surface area contributed by atoms with E-state index in [4.69, 9.17) is 5.26 Å². The molecule has 0 aliphatic carbocycles. The lowest BCUT2D eigenvalue weighted by molar-refractivity contribution is 0.884. The van der Waals surface area contributed by atoms with Crippen LogP contribution < -0.4 is 0 Å². The van der Waals surface area contributed by atoms with E-state index in [1.807, 2.05) is 13.8 Å². The molecule has 0 fully saturated rings. The maximum absolute atomic E-state index is 8.73. The van der Waals surface area contributed by atoms with E-state index in [1.54, 1.807) is 18.5 Å². The van der Waals surface area contributed by atoms with Gasteiger partial charge in [-0.15, -0.1) is 0 Å². The SMILES string of the molecule is CC(C)(C#N)Sc1ncccn1. The van der Waals surface area contributed by atoms with Crippen LogP contribution in [0.1, 0.15) is 13.8 Å². The standard InChI is InChI=1S/C8H9N3S/c1-8(2,6-9)12-7-10-4-3-5-11-7/h3-5H,1-2H3. The molecule has 0 saturated carbocycles. The Balaban J connectivity index is 2.72. The number of hydrogen-bond acceptors (Lipinski definition) is 4. The average Bonchev–Trinajstić information content (AvgIpc) is 2.06. The predicted octanol–water partition coefficient (Wildman–Crippen LogP) is 1.87. The number of thioether (sulfide) groups is 1. The van der Waals surface area contributed by atoms with Crippen molar-refractivity contribution in [2.45, 2.75) is 23.8 Å². The smallest absolute Gasteiger partial charge is 0.189 e. The molecule has 1 aromatic rings. The van der Waals surface area contributed by atoms with Gasteiger partial charge in [-0.3, -0.25) is 0 Å². The van der Waals surface area contributed by atoms with E-state index >= 15 is 0 Å². The van der Waals surface area contributed by atoms with Crippen molar-refractivity contribution in [3.05, 3.63) is 18.5 Å². The fraction of sp³-hybridized carbons (Fsp3) is 0.375. The summed E-state index contributed by atoms with van der Waals surface area (Å²) in [5.74, 6) is 0. The summed E-state index contributed by atoms with van der Waals surface area (Å²) in [5, 5.41) is 9.37. The van der Waals surface area contributed by atoms with Crippen LogP contribution in [-0.4, -0.2) is 14.7 Å². The molecule has 0 aliphatic rings. The third kappa shape index (κ3) is 2.51. The molecule has 1 rings (SSSR count). The summed E-state index contributed by atoms with van der Waals surface area (Å²) in [7, 11) is 0. The topological polar surface area (TPSA) is 49.6 Å². The lowest BCUT2D eigenvalue weighted by Gasteiger charge is -2.11. The number of nitrogens with zero attached hydrogens (tertiary/aromatic N) is 3. The molecule has 0 saturated heterocycles. The highest BCUT2D eigenvalue weighted by Gasteiger charge is 2.19. The van der Waals surface area contributed by atoms with Gasteiger partial charge in [-0.05, 0) is 19.9 Å². The first-order valence-electron chi connectivity index (χ1n) is 3.51. The van der Waals surface area contributed by atoms with Gasteiger partial charge in [-0.25, -0.2) is 9.97 Å². The van der Waals surface area contributed by atoms with E-state index < -0.39 is 4.75 Å². The zero-order valence-corrected chi connectivity index (χ0v) is 7.80. The zero-order valence-electron chi connectivity index (χ0n) is 6.98. The first-order chi connectivity index (χ1) is 5.64. The third-order valence-corrected chi connectivity index (χ3v) is 2.15. The molecule has 4 heteroatoms. The Labute approximate surface area is 75.8 Å². The number of aromatic nitrogens is 2. The quantitative estimate of drug-likeness (QED) is 0.513. The Bertz CT molecular complexity index is 289. The number of nitriles is 1. The van der Waals surface area contributed by atoms with Crippen LogP contribution in [0, 0.1) is 11.3 Å². The number of hydrogen-bond donors (Lipinski definition) is 0. The van der Waals surface area contributed by atoms with Gasteiger partial charge >= 0.3 is 0 Å². The first kappa shape index (κ1) is 9.01. The molecule has 0 bridgehead atoms. The molecule has 0 aromatic carbocycles. The maximum Gasteiger partial charge on any atom is 0.189 e. The third-order valence-electron chi connectivity index (χ3n) is 1.16. The van der Waals surface area contributed by atoms with Gasteiger partial charge in [-0.1, -0.05) is 11.8 Å². The van der Waals surface area contributed by atoms with Crippen LogP contribution in [0.2, 0.25) is 0 Å². The molecule has 0 aliphatic heterocycles. The average molecular weight is 179 g/mol. The van der Waals surface area contributed by atoms with Crippen molar-refractivity contribution >= 4 is 11.8 Å². The van der Waals surface area contributed by atoms with Crippen molar-refractivity contribution in [3.63, 3.8) is 0 Å². The molecule has 0 amide bonds. The Hall–Kier alpha value is -1.08. The number of rotatable bonds is 2. The summed E-state index contributed by atoms with van der Waals surface area (Å²) >= 11 is 1.36. The monoisotopic (exact) mass is 179 g/mol. The van der Waals surface area contributed by atoms with E-state index in [1.165, 1.54) is 11.8 Å². The van der Waals surface area contributed by atoms with Crippen LogP contribution in [0.4, 0.5) is 0 Å². The van der Waals surface area contributed by atoms with E-state index in [-0.39, 0.29) is 0 Å². The second-order valence-corrected chi connectivity index (χ2v) is 4.35. The van der Waals surface area contributed by atoms with E-state index in [9.17, 15) is 0 Å². The molecular formula is C8H9N3S. The van der Waals surface area contributed by atoms with Crippen LogP contribution in [-0.2, 0) is 0 Å². The van der Waals surface area contributed by atoms with Crippen LogP contribution in [0.25, 0.3) is 0 Å². The minimum atomic E-state index is -0.457. The maximum atomic E-state index is 8.73. The van der Waals surface area contributed by atoms with Gasteiger partial charge in [0, 0.05) is 12.4 Å². The fourth-order valence-corrected chi connectivity index (χ4v) is 1.32. The Morgan fingerprint density at radius 2 is 2.00 bits per heavy atom. The van der Waals surface area contributed by atoms with Crippen molar-refractivity contribution < 1.29 is 0 Å². The molecule has 3 nitrogen and oxygen atoms in total. The van der Waals surface area contributed by atoms with Crippen molar-refractivity contribution in [1.29, 1.82) is 5.26 Å². The van der Waals surface area contributed by atoms with Gasteiger partial charge in [0.05, 0.1) is 6.07 Å². The van der Waals surface area contributed by atoms with E-state index in [0.29, 0.717) is 5.16 Å². The minimum absolute atomic E-state index is 0.457. The van der Waals surface area contributed by atoms with Crippen molar-refractivity contribution in [2.24, 2.45) is 0 Å². The highest BCUT2D eigenvalue weighted by atomic mass is 32.2. The fourth-order valence-electron chi connectivity index (χ4n) is 0.589. The van der Waals surface area contributed by atoms with Crippen LogP contribution in [0.5, 0.6) is 0 Å². The Morgan fingerprint density at radius 1 is 1.42 bits per heavy atom. The molecular weight excluding hydrogens is 170 g/mol. The van der Waals surface area contributed by atoms with Crippen molar-refractivity contribution in [2.75, 3.05) is 0 Å². The summed E-state index contributed by atoms with van der Waals surface area (Å²) in [4.78, 5) is 8.03. The van der Waals surface area contributed by atoms with Crippen molar-refractivity contribution in [1.82, 2.24) is 9.97 Å². The Morgan fingerprint density at radius 3 is 2.50 bits per heavy atom. The molecule has 0 spiro atoms.